The van der Waals surface area contributed by atoms with Crippen LogP contribution in [0.15, 0.2) is 52.4 Å². The second-order valence-corrected chi connectivity index (χ2v) is 8.35. The van der Waals surface area contributed by atoms with Crippen molar-refractivity contribution in [3.8, 4) is 0 Å². The van der Waals surface area contributed by atoms with E-state index in [0.717, 1.165) is 10.2 Å². The Bertz CT molecular complexity index is 975. The van der Waals surface area contributed by atoms with Crippen LogP contribution in [0.5, 0.6) is 0 Å². The number of hydrogen-bond acceptors (Lipinski definition) is 4. The number of hydrogen-bond donors (Lipinski definition) is 1. The van der Waals surface area contributed by atoms with Crippen LogP contribution in [0.3, 0.4) is 0 Å². The monoisotopic (exact) mass is 373 g/mol. The predicted molar refractivity (Wildman–Crippen MR) is 106 cm³/mol. The molecule has 0 radical (unpaired) electrons. The fourth-order valence-corrected chi connectivity index (χ4v) is 3.54. The lowest BCUT2D eigenvalue weighted by Crippen LogP contribution is -2.29. The van der Waals surface area contributed by atoms with Crippen LogP contribution in [-0.2, 0) is 11.2 Å². The average molecular weight is 374 g/mol. The molecule has 0 fully saturated rings. The van der Waals surface area contributed by atoms with E-state index in [-0.39, 0.29) is 11.0 Å². The summed E-state index contributed by atoms with van der Waals surface area (Å²) in [4.78, 5) is 16.9. The van der Waals surface area contributed by atoms with E-state index in [1.807, 2.05) is 0 Å². The zero-order valence-electron chi connectivity index (χ0n) is 14.4. The minimum absolute atomic E-state index is 0.128. The summed E-state index contributed by atoms with van der Waals surface area (Å²) in [6, 6.07) is 13.5. The van der Waals surface area contributed by atoms with Crippen molar-refractivity contribution < 1.29 is 0 Å². The largest absolute Gasteiger partial charge is 0.334 e. The third-order valence-corrected chi connectivity index (χ3v) is 5.28. The third-order valence-electron chi connectivity index (χ3n) is 4.02. The maximum absolute atomic E-state index is 12.4. The van der Waals surface area contributed by atoms with E-state index in [2.05, 4.69) is 50.0 Å². The number of rotatable bonds is 3. The molecule has 2 N–H and O–H groups in total. The van der Waals surface area contributed by atoms with Gasteiger partial charge in [-0.25, -0.2) is 9.66 Å². The topological polar surface area (TPSA) is 60.9 Å². The van der Waals surface area contributed by atoms with Crippen LogP contribution in [0, 0.1) is 0 Å². The van der Waals surface area contributed by atoms with Gasteiger partial charge in [0.25, 0.3) is 5.56 Å². The number of fused-ring (bicyclic) bond motifs is 1. The highest BCUT2D eigenvalue weighted by Gasteiger charge is 2.13. The van der Waals surface area contributed by atoms with Crippen LogP contribution in [0.25, 0.3) is 10.9 Å². The second-order valence-electron chi connectivity index (χ2n) is 6.97. The SMILES string of the molecule is CC(C)(C)c1ccc(CSc2nc3cc(Cl)ccc3c(=O)n2N)cc1. The maximum atomic E-state index is 12.4. The molecule has 0 atom stereocenters. The van der Waals surface area contributed by atoms with E-state index in [1.165, 1.54) is 17.3 Å². The summed E-state index contributed by atoms with van der Waals surface area (Å²) in [6.07, 6.45) is 0. The van der Waals surface area contributed by atoms with Crippen molar-refractivity contribution in [3.05, 3.63) is 69.0 Å². The van der Waals surface area contributed by atoms with E-state index in [1.54, 1.807) is 18.2 Å². The molecule has 4 nitrogen and oxygen atoms in total. The van der Waals surface area contributed by atoms with Gasteiger partial charge in [0, 0.05) is 10.8 Å². The molecule has 130 valence electrons. The molecule has 1 aromatic heterocycles. The van der Waals surface area contributed by atoms with E-state index in [4.69, 9.17) is 17.4 Å². The minimum Gasteiger partial charge on any atom is -0.334 e. The fraction of sp³-hybridized carbons (Fsp3) is 0.263. The lowest BCUT2D eigenvalue weighted by molar-refractivity contribution is 0.590. The molecule has 0 spiro atoms. The minimum atomic E-state index is -0.271. The first-order chi connectivity index (χ1) is 11.8. The standard InChI is InChI=1S/C19H20ClN3OS/c1-19(2,3)13-6-4-12(5-7-13)11-25-18-22-16-10-14(20)8-9-15(16)17(24)23(18)21/h4-10H,11,21H2,1-3H3. The van der Waals surface area contributed by atoms with Gasteiger partial charge in [-0.2, -0.15) is 0 Å². The Morgan fingerprint density at radius 3 is 2.48 bits per heavy atom. The van der Waals surface area contributed by atoms with Crippen molar-refractivity contribution in [2.45, 2.75) is 37.1 Å². The zero-order chi connectivity index (χ0) is 18.2. The lowest BCUT2D eigenvalue weighted by atomic mass is 9.87. The highest BCUT2D eigenvalue weighted by molar-refractivity contribution is 7.98. The molecule has 3 rings (SSSR count). The molecule has 0 bridgehead atoms. The average Bonchev–Trinajstić information content (AvgIpc) is 2.56. The van der Waals surface area contributed by atoms with Crippen molar-refractivity contribution in [1.82, 2.24) is 9.66 Å². The normalized spacial score (nSPS) is 11.8. The van der Waals surface area contributed by atoms with Crippen LogP contribution in [0.2, 0.25) is 5.02 Å². The molecular formula is C19H20ClN3OS. The fourth-order valence-electron chi connectivity index (χ4n) is 2.50. The van der Waals surface area contributed by atoms with E-state index >= 15 is 0 Å². The van der Waals surface area contributed by atoms with Crippen LogP contribution >= 0.6 is 23.4 Å². The lowest BCUT2D eigenvalue weighted by Gasteiger charge is -2.19. The molecule has 1 heterocycles. The zero-order valence-corrected chi connectivity index (χ0v) is 16.0. The van der Waals surface area contributed by atoms with Crippen molar-refractivity contribution in [3.63, 3.8) is 0 Å². The number of nitrogen functional groups attached to an aromatic ring is 1. The van der Waals surface area contributed by atoms with Gasteiger partial charge in [0.05, 0.1) is 10.9 Å². The van der Waals surface area contributed by atoms with Crippen molar-refractivity contribution in [2.75, 3.05) is 5.84 Å². The summed E-state index contributed by atoms with van der Waals surface area (Å²) in [5, 5.41) is 1.48. The van der Waals surface area contributed by atoms with E-state index < -0.39 is 0 Å². The van der Waals surface area contributed by atoms with Gasteiger partial charge < -0.3 is 5.84 Å². The van der Waals surface area contributed by atoms with E-state index in [0.29, 0.717) is 26.8 Å². The van der Waals surface area contributed by atoms with Crippen LogP contribution in [-0.4, -0.2) is 9.66 Å². The second kappa shape index (κ2) is 6.73. The Morgan fingerprint density at radius 2 is 1.84 bits per heavy atom. The Labute approximate surface area is 156 Å². The third kappa shape index (κ3) is 3.83. The quantitative estimate of drug-likeness (QED) is 0.421. The van der Waals surface area contributed by atoms with Gasteiger partial charge in [0.1, 0.15) is 0 Å². The molecule has 0 aliphatic heterocycles. The Balaban J connectivity index is 1.86. The smallest absolute Gasteiger partial charge is 0.280 e. The number of thioether (sulfide) groups is 1. The van der Waals surface area contributed by atoms with Crippen LogP contribution in [0.1, 0.15) is 31.9 Å². The maximum Gasteiger partial charge on any atom is 0.280 e. The molecule has 0 saturated carbocycles. The summed E-state index contributed by atoms with van der Waals surface area (Å²) in [6.45, 7) is 6.57. The van der Waals surface area contributed by atoms with Crippen LogP contribution < -0.4 is 11.4 Å². The molecule has 25 heavy (non-hydrogen) atoms. The van der Waals surface area contributed by atoms with Gasteiger partial charge in [-0.05, 0) is 34.7 Å². The van der Waals surface area contributed by atoms with Gasteiger partial charge in [0.2, 0.25) is 0 Å². The Morgan fingerprint density at radius 1 is 1.16 bits per heavy atom. The van der Waals surface area contributed by atoms with Crippen molar-refractivity contribution in [1.29, 1.82) is 0 Å². The molecule has 6 heteroatoms. The van der Waals surface area contributed by atoms with Gasteiger partial charge in [-0.3, -0.25) is 4.79 Å². The number of nitrogens with zero attached hydrogens (tertiary/aromatic N) is 2. The molecular weight excluding hydrogens is 354 g/mol. The molecule has 0 saturated heterocycles. The summed E-state index contributed by atoms with van der Waals surface area (Å²) >= 11 is 7.43. The summed E-state index contributed by atoms with van der Waals surface area (Å²) in [5.74, 6) is 6.60. The van der Waals surface area contributed by atoms with Gasteiger partial charge >= 0.3 is 0 Å². The Kier molecular flexibility index (Phi) is 4.80. The Hall–Kier alpha value is -1.98. The van der Waals surface area contributed by atoms with Crippen molar-refractivity contribution >= 4 is 34.3 Å². The van der Waals surface area contributed by atoms with E-state index in [9.17, 15) is 4.79 Å². The van der Waals surface area contributed by atoms with Crippen LogP contribution in [0.4, 0.5) is 0 Å². The summed E-state index contributed by atoms with van der Waals surface area (Å²) in [7, 11) is 0. The summed E-state index contributed by atoms with van der Waals surface area (Å²) < 4.78 is 1.10. The molecule has 0 aliphatic carbocycles. The first-order valence-corrected chi connectivity index (χ1v) is 9.32. The van der Waals surface area contributed by atoms with Crippen molar-refractivity contribution in [2.24, 2.45) is 0 Å². The van der Waals surface area contributed by atoms with Gasteiger partial charge in [-0.1, -0.05) is 68.4 Å². The van der Waals surface area contributed by atoms with Gasteiger partial charge in [0.15, 0.2) is 5.16 Å². The van der Waals surface area contributed by atoms with Gasteiger partial charge in [-0.15, -0.1) is 0 Å². The number of benzene rings is 2. The number of aromatic nitrogens is 2. The molecule has 0 unspecified atom stereocenters. The summed E-state index contributed by atoms with van der Waals surface area (Å²) in [5.41, 5.74) is 2.86. The number of nitrogens with two attached hydrogens (primary N) is 1. The predicted octanol–water partition coefficient (Wildman–Crippen LogP) is 4.35. The number of halogens is 1. The highest BCUT2D eigenvalue weighted by atomic mass is 35.5. The molecule has 3 aromatic rings. The first kappa shape index (κ1) is 17.8. The molecule has 2 aromatic carbocycles. The first-order valence-electron chi connectivity index (χ1n) is 7.95. The highest BCUT2D eigenvalue weighted by Crippen LogP contribution is 2.25. The molecule has 0 aliphatic rings. The molecule has 0 amide bonds.